The lowest BCUT2D eigenvalue weighted by Gasteiger charge is -2.27. The second-order valence-electron chi connectivity index (χ2n) is 5.52. The molecule has 1 aliphatic heterocycles. The van der Waals surface area contributed by atoms with Crippen LogP contribution < -0.4 is 10.6 Å². The molecule has 0 aromatic rings. The lowest BCUT2D eigenvalue weighted by Crippen LogP contribution is -2.49. The molecule has 3 heteroatoms. The summed E-state index contributed by atoms with van der Waals surface area (Å²) in [6.45, 7) is 9.79. The number of amides is 1. The van der Waals surface area contributed by atoms with Gasteiger partial charge in [-0.2, -0.15) is 0 Å². The van der Waals surface area contributed by atoms with Crippen LogP contribution in [0.2, 0.25) is 0 Å². The van der Waals surface area contributed by atoms with Crippen LogP contribution in [-0.4, -0.2) is 24.5 Å². The Morgan fingerprint density at radius 1 is 1.50 bits per heavy atom. The zero-order chi connectivity index (χ0) is 10.8. The first-order valence-corrected chi connectivity index (χ1v) is 5.37. The molecule has 1 heterocycles. The summed E-state index contributed by atoms with van der Waals surface area (Å²) in [4.78, 5) is 11.6. The Morgan fingerprint density at radius 2 is 2.14 bits per heavy atom. The predicted octanol–water partition coefficient (Wildman–Crippen LogP) is 1.29. The molecule has 0 bridgehead atoms. The number of carbonyl (C=O) groups excluding carboxylic acids is 1. The number of hydrogen-bond donors (Lipinski definition) is 2. The highest BCUT2D eigenvalue weighted by molar-refractivity contribution is 5.81. The molecule has 1 saturated heterocycles. The van der Waals surface area contributed by atoms with Crippen molar-refractivity contribution in [2.45, 2.75) is 46.1 Å². The zero-order valence-electron chi connectivity index (χ0n) is 9.74. The van der Waals surface area contributed by atoms with Crippen molar-refractivity contribution in [3.8, 4) is 0 Å². The van der Waals surface area contributed by atoms with E-state index in [1.54, 1.807) is 0 Å². The minimum Gasteiger partial charge on any atom is -0.354 e. The van der Waals surface area contributed by atoms with E-state index in [0.717, 1.165) is 19.5 Å². The summed E-state index contributed by atoms with van der Waals surface area (Å²) >= 11 is 0. The van der Waals surface area contributed by atoms with Crippen molar-refractivity contribution in [1.29, 1.82) is 0 Å². The van der Waals surface area contributed by atoms with E-state index in [9.17, 15) is 4.79 Å². The Balaban J connectivity index is 2.37. The first-order chi connectivity index (χ1) is 6.33. The second kappa shape index (κ2) is 3.89. The van der Waals surface area contributed by atoms with Crippen LogP contribution in [0.4, 0.5) is 0 Å². The van der Waals surface area contributed by atoms with E-state index in [4.69, 9.17) is 0 Å². The third-order valence-corrected chi connectivity index (χ3v) is 2.78. The van der Waals surface area contributed by atoms with Gasteiger partial charge in [-0.25, -0.2) is 0 Å². The van der Waals surface area contributed by atoms with Gasteiger partial charge in [0, 0.05) is 17.5 Å². The fourth-order valence-electron chi connectivity index (χ4n) is 1.65. The van der Waals surface area contributed by atoms with Crippen LogP contribution in [0.3, 0.4) is 0 Å². The van der Waals surface area contributed by atoms with E-state index in [1.807, 2.05) is 20.8 Å². The van der Waals surface area contributed by atoms with Gasteiger partial charge in [0.05, 0.1) is 0 Å². The maximum atomic E-state index is 11.6. The first-order valence-electron chi connectivity index (χ1n) is 5.37. The minimum absolute atomic E-state index is 0.112. The van der Waals surface area contributed by atoms with Gasteiger partial charge in [0.25, 0.3) is 0 Å². The first kappa shape index (κ1) is 11.5. The van der Waals surface area contributed by atoms with Crippen LogP contribution in [0.5, 0.6) is 0 Å². The van der Waals surface area contributed by atoms with Crippen molar-refractivity contribution in [2.24, 2.45) is 5.41 Å². The predicted molar refractivity (Wildman–Crippen MR) is 58.1 cm³/mol. The van der Waals surface area contributed by atoms with Crippen molar-refractivity contribution in [3.05, 3.63) is 0 Å². The molecule has 0 aromatic heterocycles. The molecule has 1 fully saturated rings. The SMILES string of the molecule is CC1(CNC(=O)C(C)(C)C)CCCN1. The Bertz CT molecular complexity index is 212. The molecule has 0 aromatic carbocycles. The van der Waals surface area contributed by atoms with Gasteiger partial charge in [0.15, 0.2) is 0 Å². The summed E-state index contributed by atoms with van der Waals surface area (Å²) in [6.07, 6.45) is 2.36. The zero-order valence-corrected chi connectivity index (χ0v) is 9.74. The van der Waals surface area contributed by atoms with Crippen LogP contribution in [0, 0.1) is 5.41 Å². The fourth-order valence-corrected chi connectivity index (χ4v) is 1.65. The smallest absolute Gasteiger partial charge is 0.225 e. The van der Waals surface area contributed by atoms with Crippen LogP contribution in [0.25, 0.3) is 0 Å². The van der Waals surface area contributed by atoms with Crippen LogP contribution in [0.15, 0.2) is 0 Å². The molecule has 1 amide bonds. The van der Waals surface area contributed by atoms with E-state index in [0.29, 0.717) is 0 Å². The molecule has 0 aliphatic carbocycles. The van der Waals surface area contributed by atoms with E-state index in [-0.39, 0.29) is 16.9 Å². The highest BCUT2D eigenvalue weighted by atomic mass is 16.2. The number of carbonyl (C=O) groups is 1. The van der Waals surface area contributed by atoms with Crippen molar-refractivity contribution < 1.29 is 4.79 Å². The standard InChI is InChI=1S/C11H22N2O/c1-10(2,3)9(14)12-8-11(4)6-5-7-13-11/h13H,5-8H2,1-4H3,(H,12,14). The average Bonchev–Trinajstić information content (AvgIpc) is 2.47. The normalized spacial score (nSPS) is 27.7. The molecule has 14 heavy (non-hydrogen) atoms. The second-order valence-corrected chi connectivity index (χ2v) is 5.52. The fraction of sp³-hybridized carbons (Fsp3) is 0.909. The highest BCUT2D eigenvalue weighted by Crippen LogP contribution is 2.18. The Kier molecular flexibility index (Phi) is 3.20. The molecule has 0 saturated carbocycles. The molecule has 1 rings (SSSR count). The van der Waals surface area contributed by atoms with Gasteiger partial charge >= 0.3 is 0 Å². The monoisotopic (exact) mass is 198 g/mol. The molecule has 82 valence electrons. The van der Waals surface area contributed by atoms with Crippen molar-refractivity contribution >= 4 is 5.91 Å². The molecule has 3 nitrogen and oxygen atoms in total. The van der Waals surface area contributed by atoms with Gasteiger partial charge in [-0.05, 0) is 26.3 Å². The molecule has 1 atom stereocenters. The van der Waals surface area contributed by atoms with Crippen molar-refractivity contribution in [1.82, 2.24) is 10.6 Å². The number of hydrogen-bond acceptors (Lipinski definition) is 2. The largest absolute Gasteiger partial charge is 0.354 e. The molecule has 1 unspecified atom stereocenters. The van der Waals surface area contributed by atoms with Gasteiger partial charge in [0.2, 0.25) is 5.91 Å². The highest BCUT2D eigenvalue weighted by Gasteiger charge is 2.30. The van der Waals surface area contributed by atoms with Crippen molar-refractivity contribution in [2.75, 3.05) is 13.1 Å². The van der Waals surface area contributed by atoms with E-state index < -0.39 is 0 Å². The van der Waals surface area contributed by atoms with Crippen molar-refractivity contribution in [3.63, 3.8) is 0 Å². The summed E-state index contributed by atoms with van der Waals surface area (Å²) in [5.41, 5.74) is -0.171. The molecule has 0 radical (unpaired) electrons. The van der Waals surface area contributed by atoms with E-state index in [2.05, 4.69) is 17.6 Å². The van der Waals surface area contributed by atoms with Crippen LogP contribution in [-0.2, 0) is 4.79 Å². The van der Waals surface area contributed by atoms with Crippen LogP contribution >= 0.6 is 0 Å². The van der Waals surface area contributed by atoms with Gasteiger partial charge in [-0.1, -0.05) is 20.8 Å². The third kappa shape index (κ3) is 2.98. The van der Waals surface area contributed by atoms with Gasteiger partial charge in [-0.3, -0.25) is 4.79 Å². The Morgan fingerprint density at radius 3 is 2.57 bits per heavy atom. The molecule has 2 N–H and O–H groups in total. The topological polar surface area (TPSA) is 41.1 Å². The average molecular weight is 198 g/mol. The summed E-state index contributed by atoms with van der Waals surface area (Å²) in [6, 6.07) is 0. The molecule has 0 spiro atoms. The maximum Gasteiger partial charge on any atom is 0.225 e. The van der Waals surface area contributed by atoms with Gasteiger partial charge in [0.1, 0.15) is 0 Å². The Hall–Kier alpha value is -0.570. The summed E-state index contributed by atoms with van der Waals surface area (Å²) < 4.78 is 0. The minimum atomic E-state index is -0.283. The third-order valence-electron chi connectivity index (χ3n) is 2.78. The molecule has 1 aliphatic rings. The maximum absolute atomic E-state index is 11.6. The van der Waals surface area contributed by atoms with Gasteiger partial charge in [-0.15, -0.1) is 0 Å². The summed E-state index contributed by atoms with van der Waals surface area (Å²) in [7, 11) is 0. The van der Waals surface area contributed by atoms with E-state index in [1.165, 1.54) is 6.42 Å². The lowest BCUT2D eigenvalue weighted by molar-refractivity contribution is -0.128. The number of rotatable bonds is 2. The van der Waals surface area contributed by atoms with E-state index >= 15 is 0 Å². The quantitative estimate of drug-likeness (QED) is 0.702. The Labute approximate surface area is 86.6 Å². The summed E-state index contributed by atoms with van der Waals surface area (Å²) in [5, 5.41) is 6.43. The summed E-state index contributed by atoms with van der Waals surface area (Å²) in [5.74, 6) is 0.132. The molecular formula is C11H22N2O. The molecular weight excluding hydrogens is 176 g/mol. The number of nitrogens with one attached hydrogen (secondary N) is 2. The lowest BCUT2D eigenvalue weighted by atomic mass is 9.94. The van der Waals surface area contributed by atoms with Gasteiger partial charge < -0.3 is 10.6 Å². The van der Waals surface area contributed by atoms with Crippen LogP contribution in [0.1, 0.15) is 40.5 Å².